The van der Waals surface area contributed by atoms with Crippen molar-refractivity contribution >= 4 is 34.6 Å². The van der Waals surface area contributed by atoms with E-state index < -0.39 is 4.92 Å². The Labute approximate surface area is 125 Å². The first-order valence-electron chi connectivity index (χ1n) is 6.08. The molecule has 6 nitrogen and oxygen atoms in total. The van der Waals surface area contributed by atoms with Crippen LogP contribution in [-0.4, -0.2) is 17.4 Å². The van der Waals surface area contributed by atoms with Gasteiger partial charge in [0.1, 0.15) is 0 Å². The van der Waals surface area contributed by atoms with Gasteiger partial charge in [0, 0.05) is 28.5 Å². The van der Waals surface area contributed by atoms with E-state index in [1.165, 1.54) is 12.1 Å². The molecule has 2 N–H and O–H groups in total. The van der Waals surface area contributed by atoms with Gasteiger partial charge < -0.3 is 10.6 Å². The van der Waals surface area contributed by atoms with Crippen LogP contribution < -0.4 is 10.6 Å². The molecule has 0 aliphatic rings. The molecule has 1 amide bonds. The third-order valence-electron chi connectivity index (χ3n) is 2.64. The molecule has 0 aliphatic carbocycles. The monoisotopic (exact) mass is 305 g/mol. The molecule has 7 heteroatoms. The third kappa shape index (κ3) is 4.47. The number of hydrogen-bond acceptors (Lipinski definition) is 4. The summed E-state index contributed by atoms with van der Waals surface area (Å²) in [7, 11) is 0. The molecule has 0 aliphatic heterocycles. The van der Waals surface area contributed by atoms with Gasteiger partial charge in [0.15, 0.2) is 0 Å². The molecule has 108 valence electrons. The lowest BCUT2D eigenvalue weighted by Gasteiger charge is -2.08. The maximum atomic E-state index is 11.7. The SMILES string of the molecule is O=C(CNc1ccc([N+](=O)[O-])cc1)Nc1cccc(Cl)c1. The van der Waals surface area contributed by atoms with Crippen molar-refractivity contribution in [3.63, 3.8) is 0 Å². The van der Waals surface area contributed by atoms with Gasteiger partial charge in [-0.1, -0.05) is 17.7 Å². The van der Waals surface area contributed by atoms with Crippen LogP contribution in [0.15, 0.2) is 48.5 Å². The fourth-order valence-electron chi connectivity index (χ4n) is 1.65. The molecule has 0 atom stereocenters. The molecule has 21 heavy (non-hydrogen) atoms. The summed E-state index contributed by atoms with van der Waals surface area (Å²) >= 11 is 5.82. The second-order valence-corrected chi connectivity index (χ2v) is 4.65. The average Bonchev–Trinajstić information content (AvgIpc) is 2.45. The van der Waals surface area contributed by atoms with E-state index in [4.69, 9.17) is 11.6 Å². The van der Waals surface area contributed by atoms with Gasteiger partial charge in [0.25, 0.3) is 5.69 Å². The lowest BCUT2D eigenvalue weighted by Crippen LogP contribution is -2.21. The zero-order valence-corrected chi connectivity index (χ0v) is 11.6. The summed E-state index contributed by atoms with van der Waals surface area (Å²) in [6.07, 6.45) is 0. The van der Waals surface area contributed by atoms with Crippen molar-refractivity contribution in [2.75, 3.05) is 17.2 Å². The smallest absolute Gasteiger partial charge is 0.269 e. The number of carbonyl (C=O) groups excluding carboxylic acids is 1. The molecule has 0 radical (unpaired) electrons. The minimum absolute atomic E-state index is 0.00364. The number of amides is 1. The average molecular weight is 306 g/mol. The van der Waals surface area contributed by atoms with Gasteiger partial charge in [-0.2, -0.15) is 0 Å². The van der Waals surface area contributed by atoms with Crippen LogP contribution in [-0.2, 0) is 4.79 Å². The van der Waals surface area contributed by atoms with Gasteiger partial charge in [-0.25, -0.2) is 0 Å². The van der Waals surface area contributed by atoms with E-state index in [0.717, 1.165) is 0 Å². The summed E-state index contributed by atoms with van der Waals surface area (Å²) in [5.41, 5.74) is 1.24. The van der Waals surface area contributed by atoms with Gasteiger partial charge in [0.05, 0.1) is 11.5 Å². The highest BCUT2D eigenvalue weighted by Crippen LogP contribution is 2.16. The number of benzene rings is 2. The number of nitro benzene ring substituents is 1. The third-order valence-corrected chi connectivity index (χ3v) is 2.87. The number of anilines is 2. The highest BCUT2D eigenvalue weighted by molar-refractivity contribution is 6.30. The minimum Gasteiger partial charge on any atom is -0.376 e. The van der Waals surface area contributed by atoms with Gasteiger partial charge in [0.2, 0.25) is 5.91 Å². The molecular formula is C14H12ClN3O3. The lowest BCUT2D eigenvalue weighted by molar-refractivity contribution is -0.384. The van der Waals surface area contributed by atoms with Crippen LogP contribution in [0.5, 0.6) is 0 Å². The summed E-state index contributed by atoms with van der Waals surface area (Å²) in [4.78, 5) is 21.8. The molecule has 0 fully saturated rings. The summed E-state index contributed by atoms with van der Waals surface area (Å²) in [5.74, 6) is -0.240. The first-order chi connectivity index (χ1) is 10.0. The van der Waals surface area contributed by atoms with Gasteiger partial charge in [-0.3, -0.25) is 14.9 Å². The number of carbonyl (C=O) groups is 1. The summed E-state index contributed by atoms with van der Waals surface area (Å²) < 4.78 is 0. The van der Waals surface area contributed by atoms with Crippen molar-refractivity contribution in [1.82, 2.24) is 0 Å². The summed E-state index contributed by atoms with van der Waals surface area (Å²) in [6.45, 7) is 0.0460. The zero-order chi connectivity index (χ0) is 15.2. The molecule has 0 aromatic heterocycles. The normalized spacial score (nSPS) is 9.95. The molecule has 0 saturated heterocycles. The summed E-state index contributed by atoms with van der Waals surface area (Å²) in [6, 6.07) is 12.7. The number of non-ortho nitro benzene ring substituents is 1. The second kappa shape index (κ2) is 6.71. The molecule has 0 heterocycles. The van der Waals surface area contributed by atoms with E-state index in [1.807, 2.05) is 0 Å². The quantitative estimate of drug-likeness (QED) is 0.655. The Morgan fingerprint density at radius 3 is 2.48 bits per heavy atom. The minimum atomic E-state index is -0.477. The van der Waals surface area contributed by atoms with Crippen molar-refractivity contribution in [2.45, 2.75) is 0 Å². The van der Waals surface area contributed by atoms with Crippen LogP contribution >= 0.6 is 11.6 Å². The first kappa shape index (κ1) is 14.8. The van der Waals surface area contributed by atoms with Crippen molar-refractivity contribution in [3.05, 3.63) is 63.7 Å². The first-order valence-corrected chi connectivity index (χ1v) is 6.46. The Hall–Kier alpha value is -2.60. The van der Waals surface area contributed by atoms with E-state index in [0.29, 0.717) is 16.4 Å². The predicted molar refractivity (Wildman–Crippen MR) is 81.7 cm³/mol. The molecule has 0 spiro atoms. The van der Waals surface area contributed by atoms with E-state index in [2.05, 4.69) is 10.6 Å². The molecular weight excluding hydrogens is 294 g/mol. The van der Waals surface area contributed by atoms with Crippen molar-refractivity contribution in [2.24, 2.45) is 0 Å². The van der Waals surface area contributed by atoms with Crippen molar-refractivity contribution in [3.8, 4) is 0 Å². The number of halogens is 1. The number of rotatable bonds is 5. The molecule has 0 saturated carbocycles. The summed E-state index contributed by atoms with van der Waals surface area (Å²) in [5, 5.41) is 16.6. The zero-order valence-electron chi connectivity index (χ0n) is 10.9. The van der Waals surface area contributed by atoms with Crippen LogP contribution in [0.3, 0.4) is 0 Å². The van der Waals surface area contributed by atoms with E-state index in [1.54, 1.807) is 36.4 Å². The molecule has 0 bridgehead atoms. The van der Waals surface area contributed by atoms with Crippen molar-refractivity contribution < 1.29 is 9.72 Å². The maximum Gasteiger partial charge on any atom is 0.269 e. The Morgan fingerprint density at radius 1 is 1.14 bits per heavy atom. The molecule has 2 aromatic rings. The fourth-order valence-corrected chi connectivity index (χ4v) is 1.85. The number of nitrogens with one attached hydrogen (secondary N) is 2. The van der Waals surface area contributed by atoms with Crippen LogP contribution in [0.2, 0.25) is 5.02 Å². The van der Waals surface area contributed by atoms with Crippen LogP contribution in [0.1, 0.15) is 0 Å². The number of nitrogens with zero attached hydrogens (tertiary/aromatic N) is 1. The molecule has 2 rings (SSSR count). The number of nitro groups is 1. The Morgan fingerprint density at radius 2 is 1.86 bits per heavy atom. The van der Waals surface area contributed by atoms with Gasteiger partial charge in [-0.05, 0) is 30.3 Å². The lowest BCUT2D eigenvalue weighted by atomic mass is 10.3. The maximum absolute atomic E-state index is 11.7. The molecule has 0 unspecified atom stereocenters. The van der Waals surface area contributed by atoms with Crippen LogP contribution in [0.25, 0.3) is 0 Å². The highest BCUT2D eigenvalue weighted by atomic mass is 35.5. The van der Waals surface area contributed by atoms with Crippen molar-refractivity contribution in [1.29, 1.82) is 0 Å². The standard InChI is InChI=1S/C14H12ClN3O3/c15-10-2-1-3-12(8-10)17-14(19)9-16-11-4-6-13(7-5-11)18(20)21/h1-8,16H,9H2,(H,17,19). The van der Waals surface area contributed by atoms with E-state index in [-0.39, 0.29) is 18.1 Å². The Kier molecular flexibility index (Phi) is 4.73. The Balaban J connectivity index is 1.87. The fraction of sp³-hybridized carbons (Fsp3) is 0.0714. The highest BCUT2D eigenvalue weighted by Gasteiger charge is 2.05. The van der Waals surface area contributed by atoms with Crippen LogP contribution in [0.4, 0.5) is 17.1 Å². The van der Waals surface area contributed by atoms with Gasteiger partial charge in [-0.15, -0.1) is 0 Å². The Bertz CT molecular complexity index is 659. The second-order valence-electron chi connectivity index (χ2n) is 4.22. The van der Waals surface area contributed by atoms with E-state index in [9.17, 15) is 14.9 Å². The largest absolute Gasteiger partial charge is 0.376 e. The molecule has 2 aromatic carbocycles. The van der Waals surface area contributed by atoms with E-state index >= 15 is 0 Å². The van der Waals surface area contributed by atoms with Gasteiger partial charge >= 0.3 is 0 Å². The predicted octanol–water partition coefficient (Wildman–Crippen LogP) is 3.30. The van der Waals surface area contributed by atoms with Crippen LogP contribution in [0, 0.1) is 10.1 Å². The topological polar surface area (TPSA) is 84.3 Å². The number of hydrogen-bond donors (Lipinski definition) is 2.